The highest BCUT2D eigenvalue weighted by Crippen LogP contribution is 2.36. The second-order valence-corrected chi connectivity index (χ2v) is 5.15. The Labute approximate surface area is 145 Å². The van der Waals surface area contributed by atoms with Gasteiger partial charge in [-0.1, -0.05) is 18.2 Å². The van der Waals surface area contributed by atoms with Crippen molar-refractivity contribution in [1.29, 1.82) is 0 Å². The van der Waals surface area contributed by atoms with Gasteiger partial charge in [-0.05, 0) is 24.3 Å². The molecule has 6 nitrogen and oxygen atoms in total. The van der Waals surface area contributed by atoms with Gasteiger partial charge in [-0.25, -0.2) is 9.79 Å². The second-order valence-electron chi connectivity index (χ2n) is 5.15. The number of hydrogen-bond donors (Lipinski definition) is 0. The van der Waals surface area contributed by atoms with Crippen molar-refractivity contribution in [3.8, 4) is 17.2 Å². The zero-order valence-corrected chi connectivity index (χ0v) is 14.1. The van der Waals surface area contributed by atoms with Gasteiger partial charge in [0, 0.05) is 17.2 Å². The molecule has 0 unspecified atom stereocenters. The van der Waals surface area contributed by atoms with Crippen LogP contribution in [0, 0.1) is 0 Å². The zero-order chi connectivity index (χ0) is 17.8. The molecule has 25 heavy (non-hydrogen) atoms. The van der Waals surface area contributed by atoms with Crippen molar-refractivity contribution < 1.29 is 23.7 Å². The molecule has 2 aromatic rings. The Kier molecular flexibility index (Phi) is 4.70. The summed E-state index contributed by atoms with van der Waals surface area (Å²) in [7, 11) is 4.62. The van der Waals surface area contributed by atoms with Crippen molar-refractivity contribution in [2.24, 2.45) is 4.99 Å². The van der Waals surface area contributed by atoms with Gasteiger partial charge in [0.15, 0.2) is 17.2 Å². The van der Waals surface area contributed by atoms with Crippen LogP contribution in [0.4, 0.5) is 0 Å². The molecule has 1 heterocycles. The standard InChI is InChI=1S/C19H17NO5/c1-22-15-11-17(24-3)16(23-2)10-13(15)9-14-19(21)25-18(20-14)12-7-5-4-6-8-12/h4-11H,1-3H3/b14-9-. The van der Waals surface area contributed by atoms with E-state index in [0.29, 0.717) is 22.8 Å². The lowest BCUT2D eigenvalue weighted by atomic mass is 10.1. The molecule has 0 atom stereocenters. The lowest BCUT2D eigenvalue weighted by Crippen LogP contribution is -2.05. The summed E-state index contributed by atoms with van der Waals surface area (Å²) in [6, 6.07) is 12.6. The summed E-state index contributed by atoms with van der Waals surface area (Å²) >= 11 is 0. The minimum Gasteiger partial charge on any atom is -0.496 e. The molecule has 1 aliphatic heterocycles. The monoisotopic (exact) mass is 339 g/mol. The second kappa shape index (κ2) is 7.09. The van der Waals surface area contributed by atoms with Gasteiger partial charge in [-0.2, -0.15) is 0 Å². The third kappa shape index (κ3) is 3.33. The molecule has 0 aliphatic carbocycles. The lowest BCUT2D eigenvalue weighted by molar-refractivity contribution is -0.129. The summed E-state index contributed by atoms with van der Waals surface area (Å²) in [5.74, 6) is 1.34. The summed E-state index contributed by atoms with van der Waals surface area (Å²) in [6.45, 7) is 0. The number of aliphatic imine (C=N–C) groups is 1. The summed E-state index contributed by atoms with van der Waals surface area (Å²) in [4.78, 5) is 16.4. The minimum atomic E-state index is -0.518. The van der Waals surface area contributed by atoms with Crippen LogP contribution in [0.25, 0.3) is 6.08 Å². The van der Waals surface area contributed by atoms with E-state index in [4.69, 9.17) is 18.9 Å². The summed E-state index contributed by atoms with van der Waals surface area (Å²) in [5, 5.41) is 0. The van der Waals surface area contributed by atoms with Gasteiger partial charge in [-0.15, -0.1) is 0 Å². The first-order valence-electron chi connectivity index (χ1n) is 7.54. The van der Waals surface area contributed by atoms with E-state index >= 15 is 0 Å². The Balaban J connectivity index is 2.02. The third-order valence-corrected chi connectivity index (χ3v) is 3.67. The number of hydrogen-bond acceptors (Lipinski definition) is 6. The van der Waals surface area contributed by atoms with Gasteiger partial charge in [0.2, 0.25) is 5.90 Å². The number of carbonyl (C=O) groups is 1. The number of benzene rings is 2. The number of esters is 1. The van der Waals surface area contributed by atoms with Crippen LogP contribution in [0.2, 0.25) is 0 Å². The van der Waals surface area contributed by atoms with Gasteiger partial charge in [0.25, 0.3) is 0 Å². The fourth-order valence-corrected chi connectivity index (χ4v) is 2.43. The molecule has 0 N–H and O–H groups in total. The van der Waals surface area contributed by atoms with Gasteiger partial charge < -0.3 is 18.9 Å². The Morgan fingerprint density at radius 1 is 0.920 bits per heavy atom. The van der Waals surface area contributed by atoms with E-state index in [-0.39, 0.29) is 11.6 Å². The molecule has 1 aliphatic rings. The van der Waals surface area contributed by atoms with Gasteiger partial charge >= 0.3 is 5.97 Å². The molecule has 0 fully saturated rings. The maximum Gasteiger partial charge on any atom is 0.363 e. The Morgan fingerprint density at radius 3 is 2.20 bits per heavy atom. The first kappa shape index (κ1) is 16.6. The maximum absolute atomic E-state index is 12.1. The fourth-order valence-electron chi connectivity index (χ4n) is 2.43. The SMILES string of the molecule is COc1cc(OC)c(OC)cc1/C=C1\N=C(c2ccccc2)OC1=O. The molecule has 2 aromatic carbocycles. The molecule has 3 rings (SSSR count). The Hall–Kier alpha value is -3.28. The Morgan fingerprint density at radius 2 is 1.56 bits per heavy atom. The number of ether oxygens (including phenoxy) is 4. The summed E-state index contributed by atoms with van der Waals surface area (Å²) in [5.41, 5.74) is 1.55. The molecular formula is C19H17NO5. The zero-order valence-electron chi connectivity index (χ0n) is 14.1. The van der Waals surface area contributed by atoms with E-state index in [2.05, 4.69) is 4.99 Å². The number of carbonyl (C=O) groups excluding carboxylic acids is 1. The maximum atomic E-state index is 12.1. The van der Waals surface area contributed by atoms with Gasteiger partial charge in [0.05, 0.1) is 21.3 Å². The molecule has 0 amide bonds. The highest BCUT2D eigenvalue weighted by Gasteiger charge is 2.24. The van der Waals surface area contributed by atoms with E-state index in [1.807, 2.05) is 30.3 Å². The first-order valence-corrected chi connectivity index (χ1v) is 7.54. The Bertz CT molecular complexity index is 856. The number of methoxy groups -OCH3 is 3. The van der Waals surface area contributed by atoms with Crippen molar-refractivity contribution in [2.75, 3.05) is 21.3 Å². The largest absolute Gasteiger partial charge is 0.496 e. The fraction of sp³-hybridized carbons (Fsp3) is 0.158. The number of rotatable bonds is 5. The molecular weight excluding hydrogens is 322 g/mol. The van der Waals surface area contributed by atoms with Crippen LogP contribution in [0.15, 0.2) is 53.2 Å². The predicted molar refractivity (Wildman–Crippen MR) is 93.1 cm³/mol. The third-order valence-electron chi connectivity index (χ3n) is 3.67. The van der Waals surface area contributed by atoms with Crippen molar-refractivity contribution >= 4 is 17.9 Å². The van der Waals surface area contributed by atoms with Crippen molar-refractivity contribution in [1.82, 2.24) is 0 Å². The van der Waals surface area contributed by atoms with Crippen LogP contribution >= 0.6 is 0 Å². The molecule has 0 radical (unpaired) electrons. The van der Waals surface area contributed by atoms with Crippen LogP contribution in [-0.2, 0) is 9.53 Å². The normalized spacial score (nSPS) is 14.9. The molecule has 0 bridgehead atoms. The predicted octanol–water partition coefficient (Wildman–Crippen LogP) is 3.06. The quantitative estimate of drug-likeness (QED) is 0.619. The van der Waals surface area contributed by atoms with Gasteiger partial charge in [-0.3, -0.25) is 0 Å². The smallest absolute Gasteiger partial charge is 0.363 e. The van der Waals surface area contributed by atoms with Crippen molar-refractivity contribution in [3.05, 3.63) is 59.3 Å². The van der Waals surface area contributed by atoms with E-state index in [9.17, 15) is 4.79 Å². The average molecular weight is 339 g/mol. The van der Waals surface area contributed by atoms with E-state index in [1.165, 1.54) is 14.2 Å². The number of cyclic esters (lactones) is 1. The lowest BCUT2D eigenvalue weighted by Gasteiger charge is -2.12. The molecule has 0 spiro atoms. The minimum absolute atomic E-state index is 0.185. The molecule has 0 saturated carbocycles. The van der Waals surface area contributed by atoms with Crippen LogP contribution in [0.5, 0.6) is 17.2 Å². The van der Waals surface area contributed by atoms with Crippen LogP contribution < -0.4 is 14.2 Å². The average Bonchev–Trinajstić information content (AvgIpc) is 3.02. The highest BCUT2D eigenvalue weighted by atomic mass is 16.6. The van der Waals surface area contributed by atoms with Crippen LogP contribution in [0.3, 0.4) is 0 Å². The van der Waals surface area contributed by atoms with Crippen molar-refractivity contribution in [3.63, 3.8) is 0 Å². The van der Waals surface area contributed by atoms with Crippen molar-refractivity contribution in [2.45, 2.75) is 0 Å². The molecule has 0 saturated heterocycles. The molecule has 6 heteroatoms. The summed E-state index contributed by atoms with van der Waals surface area (Å²) < 4.78 is 21.2. The van der Waals surface area contributed by atoms with Gasteiger partial charge in [0.1, 0.15) is 5.75 Å². The summed E-state index contributed by atoms with van der Waals surface area (Å²) in [6.07, 6.45) is 1.60. The van der Waals surface area contributed by atoms with E-state index in [0.717, 1.165) is 5.56 Å². The molecule has 128 valence electrons. The van der Waals surface area contributed by atoms with Crippen LogP contribution in [0.1, 0.15) is 11.1 Å². The number of nitrogens with zero attached hydrogens (tertiary/aromatic N) is 1. The highest BCUT2D eigenvalue weighted by molar-refractivity contribution is 6.12. The van der Waals surface area contributed by atoms with E-state index in [1.54, 1.807) is 25.3 Å². The topological polar surface area (TPSA) is 66.3 Å². The molecule has 0 aromatic heterocycles. The van der Waals surface area contributed by atoms with E-state index < -0.39 is 5.97 Å². The first-order chi connectivity index (χ1) is 12.2. The van der Waals surface area contributed by atoms with Crippen LogP contribution in [-0.4, -0.2) is 33.2 Å².